The topological polar surface area (TPSA) is 93.3 Å². The van der Waals surface area contributed by atoms with E-state index in [4.69, 9.17) is 0 Å². The van der Waals surface area contributed by atoms with Crippen molar-refractivity contribution in [2.24, 2.45) is 0 Å². The Morgan fingerprint density at radius 3 is 2.03 bits per heavy atom. The van der Waals surface area contributed by atoms with Crippen LogP contribution in [0.2, 0.25) is 0 Å². The summed E-state index contributed by atoms with van der Waals surface area (Å²) < 4.78 is 1.10. The van der Waals surface area contributed by atoms with E-state index in [1.54, 1.807) is 24.3 Å². The number of rotatable bonds is 4. The van der Waals surface area contributed by atoms with Crippen molar-refractivity contribution in [3.8, 4) is 33.6 Å². The Bertz CT molecular complexity index is 1500. The zero-order valence-corrected chi connectivity index (χ0v) is 17.1. The molecule has 5 aromatic rings. The Hall–Kier alpha value is -4.52. The molecule has 0 spiro atoms. The second-order valence-electron chi connectivity index (χ2n) is 7.49. The third-order valence-corrected chi connectivity index (χ3v) is 5.39. The lowest BCUT2D eigenvalue weighted by atomic mass is 10.00. The average molecular weight is 422 g/mol. The quantitative estimate of drug-likeness (QED) is 0.317. The molecule has 0 unspecified atom stereocenters. The van der Waals surface area contributed by atoms with E-state index in [1.807, 2.05) is 67.6 Å². The number of fused-ring (bicyclic) bond motifs is 1. The molecule has 0 amide bonds. The maximum Gasteiger partial charge on any atom is 0.359 e. The van der Waals surface area contributed by atoms with Gasteiger partial charge in [0, 0.05) is 11.1 Å². The molecule has 1 N–H and O–H groups in total. The van der Waals surface area contributed by atoms with Gasteiger partial charge in [0.25, 0.3) is 0 Å². The van der Waals surface area contributed by atoms with Gasteiger partial charge in [-0.3, -0.25) is 14.9 Å². The average Bonchev–Trinajstić information content (AvgIpc) is 3.20. The Balaban J connectivity index is 1.93. The van der Waals surface area contributed by atoms with Gasteiger partial charge in [0.05, 0.1) is 10.5 Å². The molecule has 0 aliphatic heterocycles. The van der Waals surface area contributed by atoms with Crippen LogP contribution < -0.4 is 5.56 Å². The summed E-state index contributed by atoms with van der Waals surface area (Å²) in [5.41, 5.74) is 3.83. The number of aryl methyl sites for hydroxylation is 1. The SMILES string of the molecule is Cc1ccc(-c2c(-c3ccccc3)nn3c(=O)c([N+](=O)[O-])c(-c4ccccc4)[nH]c23)cc1. The van der Waals surface area contributed by atoms with Crippen LogP contribution in [0.25, 0.3) is 39.3 Å². The summed E-state index contributed by atoms with van der Waals surface area (Å²) in [5, 5.41) is 16.4. The zero-order valence-electron chi connectivity index (χ0n) is 17.1. The minimum atomic E-state index is -0.779. The van der Waals surface area contributed by atoms with Gasteiger partial charge in [-0.25, -0.2) is 0 Å². The molecule has 0 atom stereocenters. The molecular weight excluding hydrogens is 404 g/mol. The largest absolute Gasteiger partial charge is 0.359 e. The molecular formula is C25H18N4O3. The monoisotopic (exact) mass is 422 g/mol. The molecule has 32 heavy (non-hydrogen) atoms. The number of aromatic amines is 1. The lowest BCUT2D eigenvalue weighted by Gasteiger charge is -2.07. The standard InChI is InChI=1S/C25H18N4O3/c1-16-12-14-17(15-13-16)20-21(18-8-4-2-5-9-18)27-28-24(20)26-22(19-10-6-3-7-11-19)23(25(28)30)29(31)32/h2-15,26H,1H3. The highest BCUT2D eigenvalue weighted by atomic mass is 16.6. The summed E-state index contributed by atoms with van der Waals surface area (Å²) >= 11 is 0. The van der Waals surface area contributed by atoms with Crippen LogP contribution in [0, 0.1) is 17.0 Å². The lowest BCUT2D eigenvalue weighted by molar-refractivity contribution is -0.385. The Morgan fingerprint density at radius 1 is 0.844 bits per heavy atom. The second-order valence-corrected chi connectivity index (χ2v) is 7.49. The van der Waals surface area contributed by atoms with Crippen LogP contribution in [0.15, 0.2) is 89.7 Å². The first-order chi connectivity index (χ1) is 15.5. The summed E-state index contributed by atoms with van der Waals surface area (Å²) in [7, 11) is 0. The van der Waals surface area contributed by atoms with Crippen LogP contribution in [0.3, 0.4) is 0 Å². The van der Waals surface area contributed by atoms with Crippen molar-refractivity contribution in [1.29, 1.82) is 0 Å². The number of hydrogen-bond donors (Lipinski definition) is 1. The summed E-state index contributed by atoms with van der Waals surface area (Å²) in [6, 6.07) is 26.2. The van der Waals surface area contributed by atoms with E-state index in [9.17, 15) is 14.9 Å². The molecule has 0 bridgehead atoms. The molecule has 3 aromatic carbocycles. The number of nitro groups is 1. The van der Waals surface area contributed by atoms with Gasteiger partial charge in [0.1, 0.15) is 17.0 Å². The van der Waals surface area contributed by atoms with Gasteiger partial charge >= 0.3 is 11.2 Å². The van der Waals surface area contributed by atoms with E-state index in [1.165, 1.54) is 0 Å². The Morgan fingerprint density at radius 2 is 1.44 bits per heavy atom. The van der Waals surface area contributed by atoms with Gasteiger partial charge in [-0.15, -0.1) is 0 Å². The van der Waals surface area contributed by atoms with Crippen LogP contribution in [0.4, 0.5) is 5.69 Å². The molecule has 2 heterocycles. The van der Waals surface area contributed by atoms with Gasteiger partial charge in [0.15, 0.2) is 0 Å². The van der Waals surface area contributed by atoms with E-state index in [-0.39, 0.29) is 5.69 Å². The predicted octanol–water partition coefficient (Wildman–Crippen LogP) is 5.24. The van der Waals surface area contributed by atoms with Crippen molar-refractivity contribution in [2.75, 3.05) is 0 Å². The molecule has 2 aromatic heterocycles. The first-order valence-corrected chi connectivity index (χ1v) is 10.1. The van der Waals surface area contributed by atoms with Crippen LogP contribution >= 0.6 is 0 Å². The highest BCUT2D eigenvalue weighted by Crippen LogP contribution is 2.36. The summed E-state index contributed by atoms with van der Waals surface area (Å²) in [4.78, 5) is 27.7. The molecule has 0 radical (unpaired) electrons. The number of hydrogen-bond acceptors (Lipinski definition) is 4. The highest BCUT2D eigenvalue weighted by molar-refractivity contribution is 5.91. The molecule has 0 aliphatic carbocycles. The Kier molecular flexibility index (Phi) is 4.63. The zero-order chi connectivity index (χ0) is 22.2. The van der Waals surface area contributed by atoms with Crippen molar-refractivity contribution < 1.29 is 4.92 Å². The van der Waals surface area contributed by atoms with Crippen LogP contribution in [0.1, 0.15) is 5.56 Å². The summed E-state index contributed by atoms with van der Waals surface area (Å²) in [5.74, 6) is 0. The smallest absolute Gasteiger partial charge is 0.333 e. The van der Waals surface area contributed by atoms with Crippen LogP contribution in [-0.2, 0) is 0 Å². The fraction of sp³-hybridized carbons (Fsp3) is 0.0400. The molecule has 0 fully saturated rings. The van der Waals surface area contributed by atoms with Gasteiger partial charge in [-0.05, 0) is 12.5 Å². The molecule has 7 nitrogen and oxygen atoms in total. The van der Waals surface area contributed by atoms with Gasteiger partial charge < -0.3 is 4.98 Å². The fourth-order valence-electron chi connectivity index (χ4n) is 3.84. The van der Waals surface area contributed by atoms with Crippen LogP contribution in [-0.4, -0.2) is 19.5 Å². The number of nitrogens with one attached hydrogen (secondary N) is 1. The number of aromatic nitrogens is 3. The van der Waals surface area contributed by atoms with Crippen molar-refractivity contribution in [1.82, 2.24) is 14.6 Å². The summed E-state index contributed by atoms with van der Waals surface area (Å²) in [6.07, 6.45) is 0. The third kappa shape index (κ3) is 3.16. The van der Waals surface area contributed by atoms with Crippen molar-refractivity contribution in [3.63, 3.8) is 0 Å². The predicted molar refractivity (Wildman–Crippen MR) is 124 cm³/mol. The van der Waals surface area contributed by atoms with Gasteiger partial charge in [-0.1, -0.05) is 90.5 Å². The lowest BCUT2D eigenvalue weighted by Crippen LogP contribution is -2.20. The molecule has 156 valence electrons. The van der Waals surface area contributed by atoms with Crippen LogP contribution in [0.5, 0.6) is 0 Å². The fourth-order valence-corrected chi connectivity index (χ4v) is 3.84. The highest BCUT2D eigenvalue weighted by Gasteiger charge is 2.28. The summed E-state index contributed by atoms with van der Waals surface area (Å²) in [6.45, 7) is 2.00. The van der Waals surface area contributed by atoms with E-state index >= 15 is 0 Å². The van der Waals surface area contributed by atoms with E-state index < -0.39 is 16.2 Å². The minimum Gasteiger partial charge on any atom is -0.333 e. The molecule has 7 heteroatoms. The number of H-pyrrole nitrogens is 1. The molecule has 0 aliphatic rings. The van der Waals surface area contributed by atoms with E-state index in [0.717, 1.165) is 21.2 Å². The molecule has 0 saturated heterocycles. The number of nitrogens with zero attached hydrogens (tertiary/aromatic N) is 3. The maximum absolute atomic E-state index is 13.3. The Labute approximate surface area is 182 Å². The van der Waals surface area contributed by atoms with E-state index in [2.05, 4.69) is 10.1 Å². The van der Waals surface area contributed by atoms with Crippen molar-refractivity contribution >= 4 is 11.3 Å². The second kappa shape index (κ2) is 7.63. The van der Waals surface area contributed by atoms with Gasteiger partial charge in [-0.2, -0.15) is 9.61 Å². The van der Waals surface area contributed by atoms with E-state index in [0.29, 0.717) is 22.5 Å². The van der Waals surface area contributed by atoms with Crippen molar-refractivity contribution in [2.45, 2.75) is 6.92 Å². The van der Waals surface area contributed by atoms with Gasteiger partial charge in [0.2, 0.25) is 0 Å². The molecule has 5 rings (SSSR count). The normalized spacial score (nSPS) is 11.0. The minimum absolute atomic E-state index is 0.154. The first kappa shape index (κ1) is 19.4. The number of benzene rings is 3. The molecule has 0 saturated carbocycles. The maximum atomic E-state index is 13.3. The van der Waals surface area contributed by atoms with Crippen molar-refractivity contribution in [3.05, 3.63) is 111 Å². The third-order valence-electron chi connectivity index (χ3n) is 5.39. The first-order valence-electron chi connectivity index (χ1n) is 10.1.